The van der Waals surface area contributed by atoms with E-state index in [0.29, 0.717) is 5.75 Å². The van der Waals surface area contributed by atoms with E-state index in [2.05, 4.69) is 21.6 Å². The van der Waals surface area contributed by atoms with Crippen LogP contribution in [0.1, 0.15) is 13.3 Å². The number of benzene rings is 1. The van der Waals surface area contributed by atoms with Crippen molar-refractivity contribution >= 4 is 44.2 Å². The highest BCUT2D eigenvalue weighted by atomic mass is 32.2. The zero-order valence-electron chi connectivity index (χ0n) is 11.0. The van der Waals surface area contributed by atoms with Gasteiger partial charge in [-0.25, -0.2) is 0 Å². The summed E-state index contributed by atoms with van der Waals surface area (Å²) >= 11 is 3.02. The van der Waals surface area contributed by atoms with E-state index in [-0.39, 0.29) is 5.91 Å². The first-order chi connectivity index (χ1) is 9.79. The molecule has 0 aliphatic rings. The Morgan fingerprint density at radius 1 is 1.40 bits per heavy atom. The van der Waals surface area contributed by atoms with Gasteiger partial charge in [0.25, 0.3) is 0 Å². The number of nitrogens with one attached hydrogen (secondary N) is 1. The molecule has 0 fully saturated rings. The van der Waals surface area contributed by atoms with Gasteiger partial charge in [0.05, 0.1) is 16.0 Å². The Morgan fingerprint density at radius 2 is 2.25 bits per heavy atom. The van der Waals surface area contributed by atoms with Crippen LogP contribution in [0.4, 0.5) is 0 Å². The minimum absolute atomic E-state index is 0.0353. The average Bonchev–Trinajstić information content (AvgIpc) is 3.02. The van der Waals surface area contributed by atoms with Gasteiger partial charge in [-0.05, 0) is 18.6 Å². The molecular formula is C13H14N4OS2. The molecule has 1 amide bonds. The molecule has 0 aliphatic heterocycles. The number of para-hydroxylation sites is 1. The Balaban J connectivity index is 1.83. The molecule has 20 heavy (non-hydrogen) atoms. The van der Waals surface area contributed by atoms with E-state index in [0.717, 1.165) is 28.6 Å². The molecule has 2 aromatic heterocycles. The van der Waals surface area contributed by atoms with Crippen molar-refractivity contribution in [3.8, 4) is 0 Å². The summed E-state index contributed by atoms with van der Waals surface area (Å²) in [5.74, 6) is 0.401. The van der Waals surface area contributed by atoms with Gasteiger partial charge in [0.2, 0.25) is 10.9 Å². The topological polar surface area (TPSA) is 59.3 Å². The Kier molecular flexibility index (Phi) is 3.88. The molecule has 3 aromatic rings. The van der Waals surface area contributed by atoms with Crippen molar-refractivity contribution < 1.29 is 4.79 Å². The third-order valence-corrected chi connectivity index (χ3v) is 4.76. The number of hydrogen-bond donors (Lipinski definition) is 1. The summed E-state index contributed by atoms with van der Waals surface area (Å²) in [5.41, 5.74) is 1.09. The summed E-state index contributed by atoms with van der Waals surface area (Å²) in [6, 6.07) is 8.12. The maximum atomic E-state index is 11.6. The van der Waals surface area contributed by atoms with Crippen LogP contribution in [-0.2, 0) is 4.79 Å². The minimum atomic E-state index is 0.0353. The lowest BCUT2D eigenvalue weighted by Gasteiger charge is -2.02. The number of thioether (sulfide) groups is 1. The van der Waals surface area contributed by atoms with Gasteiger partial charge in [-0.3, -0.25) is 9.20 Å². The Labute approximate surface area is 124 Å². The van der Waals surface area contributed by atoms with E-state index < -0.39 is 0 Å². The fraction of sp³-hybridized carbons (Fsp3) is 0.308. The quantitative estimate of drug-likeness (QED) is 0.736. The number of fused-ring (bicyclic) bond motifs is 3. The smallest absolute Gasteiger partial charge is 0.230 e. The molecule has 0 unspecified atom stereocenters. The highest BCUT2D eigenvalue weighted by Crippen LogP contribution is 2.29. The van der Waals surface area contributed by atoms with Gasteiger partial charge in [0.1, 0.15) is 0 Å². The lowest BCUT2D eigenvalue weighted by atomic mass is 10.3. The second-order valence-electron chi connectivity index (χ2n) is 4.31. The Hall–Kier alpha value is -1.60. The molecule has 7 heteroatoms. The van der Waals surface area contributed by atoms with Crippen LogP contribution >= 0.6 is 23.1 Å². The van der Waals surface area contributed by atoms with Crippen LogP contribution in [0.5, 0.6) is 0 Å². The van der Waals surface area contributed by atoms with E-state index in [4.69, 9.17) is 0 Å². The second-order valence-corrected chi connectivity index (χ2v) is 6.26. The molecule has 2 heterocycles. The van der Waals surface area contributed by atoms with Crippen LogP contribution < -0.4 is 5.32 Å². The van der Waals surface area contributed by atoms with E-state index >= 15 is 0 Å². The molecule has 104 valence electrons. The van der Waals surface area contributed by atoms with E-state index in [9.17, 15) is 4.79 Å². The van der Waals surface area contributed by atoms with Crippen molar-refractivity contribution in [3.05, 3.63) is 24.3 Å². The molecule has 0 saturated carbocycles. The molecule has 1 N–H and O–H groups in total. The van der Waals surface area contributed by atoms with Crippen molar-refractivity contribution in [1.29, 1.82) is 0 Å². The maximum absolute atomic E-state index is 11.6. The fourth-order valence-electron chi connectivity index (χ4n) is 1.89. The van der Waals surface area contributed by atoms with Crippen molar-refractivity contribution in [2.45, 2.75) is 18.5 Å². The monoisotopic (exact) mass is 306 g/mol. The number of thiazole rings is 1. The average molecular weight is 306 g/mol. The zero-order valence-corrected chi connectivity index (χ0v) is 12.6. The number of aromatic nitrogens is 3. The first kappa shape index (κ1) is 13.4. The van der Waals surface area contributed by atoms with E-state index in [1.165, 1.54) is 16.5 Å². The summed E-state index contributed by atoms with van der Waals surface area (Å²) in [4.78, 5) is 12.5. The predicted octanol–water partition coefficient (Wildman–Crippen LogP) is 2.56. The van der Waals surface area contributed by atoms with Crippen LogP contribution in [-0.4, -0.2) is 32.8 Å². The Bertz CT molecular complexity index is 749. The zero-order chi connectivity index (χ0) is 13.9. The van der Waals surface area contributed by atoms with Gasteiger partial charge in [-0.2, -0.15) is 0 Å². The number of hydrogen-bond acceptors (Lipinski definition) is 5. The summed E-state index contributed by atoms with van der Waals surface area (Å²) in [5, 5.41) is 12.0. The number of amides is 1. The van der Waals surface area contributed by atoms with E-state index in [1.807, 2.05) is 29.5 Å². The normalized spacial score (nSPS) is 11.2. The van der Waals surface area contributed by atoms with Crippen LogP contribution in [0.3, 0.4) is 0 Å². The maximum Gasteiger partial charge on any atom is 0.230 e. The lowest BCUT2D eigenvalue weighted by molar-refractivity contribution is -0.118. The molecule has 0 radical (unpaired) electrons. The van der Waals surface area contributed by atoms with Crippen molar-refractivity contribution in [3.63, 3.8) is 0 Å². The molecule has 3 rings (SSSR count). The molecular weight excluding hydrogens is 292 g/mol. The third-order valence-electron chi connectivity index (χ3n) is 2.82. The van der Waals surface area contributed by atoms with Crippen LogP contribution in [0, 0.1) is 0 Å². The first-order valence-electron chi connectivity index (χ1n) is 6.41. The molecule has 0 saturated heterocycles. The number of carbonyl (C=O) groups is 1. The van der Waals surface area contributed by atoms with Crippen LogP contribution in [0.25, 0.3) is 15.2 Å². The number of rotatable bonds is 5. The first-order valence-corrected chi connectivity index (χ1v) is 8.22. The van der Waals surface area contributed by atoms with Crippen LogP contribution in [0.15, 0.2) is 29.4 Å². The second kappa shape index (κ2) is 5.80. The molecule has 0 bridgehead atoms. The fourth-order valence-corrected chi connectivity index (χ4v) is 3.69. The highest BCUT2D eigenvalue weighted by Gasteiger charge is 2.13. The predicted molar refractivity (Wildman–Crippen MR) is 82.4 cm³/mol. The van der Waals surface area contributed by atoms with Crippen molar-refractivity contribution in [1.82, 2.24) is 19.9 Å². The Morgan fingerprint density at radius 3 is 3.10 bits per heavy atom. The number of carbonyl (C=O) groups excluding carboxylic acids is 1. The molecule has 1 aromatic carbocycles. The molecule has 5 nitrogen and oxygen atoms in total. The standard InChI is InChI=1S/C13H14N4OS2/c1-2-7-14-11(18)8-19-12-15-16-13-17(12)9-5-3-4-6-10(9)20-13/h3-6H,2,7-8H2,1H3,(H,14,18). The molecule has 0 aliphatic carbocycles. The van der Waals surface area contributed by atoms with Gasteiger partial charge < -0.3 is 5.32 Å². The van der Waals surface area contributed by atoms with Crippen LogP contribution in [0.2, 0.25) is 0 Å². The molecule has 0 atom stereocenters. The van der Waals surface area contributed by atoms with Gasteiger partial charge in [-0.1, -0.05) is 42.2 Å². The summed E-state index contributed by atoms with van der Waals surface area (Å²) in [7, 11) is 0. The third kappa shape index (κ3) is 2.51. The SMILES string of the molecule is CCCNC(=O)CSc1nnc2sc3ccccc3n12. The number of nitrogens with zero attached hydrogens (tertiary/aromatic N) is 3. The molecule has 0 spiro atoms. The largest absolute Gasteiger partial charge is 0.355 e. The van der Waals surface area contributed by atoms with Crippen molar-refractivity contribution in [2.75, 3.05) is 12.3 Å². The van der Waals surface area contributed by atoms with Crippen molar-refractivity contribution in [2.24, 2.45) is 0 Å². The van der Waals surface area contributed by atoms with Gasteiger partial charge in [0.15, 0.2) is 5.16 Å². The summed E-state index contributed by atoms with van der Waals surface area (Å²) in [6.45, 7) is 2.75. The van der Waals surface area contributed by atoms with Gasteiger partial charge in [0, 0.05) is 6.54 Å². The highest BCUT2D eigenvalue weighted by molar-refractivity contribution is 7.99. The minimum Gasteiger partial charge on any atom is -0.355 e. The summed E-state index contributed by atoms with van der Waals surface area (Å²) < 4.78 is 3.19. The van der Waals surface area contributed by atoms with Gasteiger partial charge >= 0.3 is 0 Å². The summed E-state index contributed by atoms with van der Waals surface area (Å²) in [6.07, 6.45) is 0.945. The van der Waals surface area contributed by atoms with Gasteiger partial charge in [-0.15, -0.1) is 10.2 Å². The van der Waals surface area contributed by atoms with E-state index in [1.54, 1.807) is 11.3 Å². The lowest BCUT2D eigenvalue weighted by Crippen LogP contribution is -2.25.